The first-order valence-electron chi connectivity index (χ1n) is 4.29. The lowest BCUT2D eigenvalue weighted by molar-refractivity contribution is 0.395. The van der Waals surface area contributed by atoms with Gasteiger partial charge in [0.05, 0.1) is 11.4 Å². The fourth-order valence-corrected chi connectivity index (χ4v) is 1.38. The molecule has 0 fully saturated rings. The molecule has 0 aliphatic carbocycles. The van der Waals surface area contributed by atoms with Crippen LogP contribution in [-0.4, -0.2) is 5.16 Å². The zero-order valence-corrected chi connectivity index (χ0v) is 8.56. The van der Waals surface area contributed by atoms with E-state index in [4.69, 9.17) is 11.6 Å². The van der Waals surface area contributed by atoms with Crippen molar-refractivity contribution in [3.63, 3.8) is 0 Å². The van der Waals surface area contributed by atoms with Gasteiger partial charge >= 0.3 is 0 Å². The van der Waals surface area contributed by atoms with Crippen LogP contribution in [0.1, 0.15) is 5.76 Å². The molecule has 0 radical (unpaired) electrons. The Labute approximate surface area is 93.6 Å². The van der Waals surface area contributed by atoms with E-state index < -0.39 is 23.0 Å². The van der Waals surface area contributed by atoms with E-state index in [2.05, 4.69) is 9.68 Å². The van der Waals surface area contributed by atoms with Gasteiger partial charge in [-0.3, -0.25) is 0 Å². The Morgan fingerprint density at radius 2 is 1.88 bits per heavy atom. The Morgan fingerprint density at radius 1 is 1.19 bits per heavy atom. The van der Waals surface area contributed by atoms with Crippen LogP contribution in [0.4, 0.5) is 13.2 Å². The Balaban J connectivity index is 2.58. The maximum absolute atomic E-state index is 13.3. The lowest BCUT2D eigenvalue weighted by Gasteiger charge is -2.00. The van der Waals surface area contributed by atoms with Crippen LogP contribution in [0.3, 0.4) is 0 Å². The van der Waals surface area contributed by atoms with Crippen molar-refractivity contribution in [3.8, 4) is 11.3 Å². The van der Waals surface area contributed by atoms with Crippen molar-refractivity contribution in [3.05, 3.63) is 41.4 Å². The third-order valence-electron chi connectivity index (χ3n) is 1.99. The van der Waals surface area contributed by atoms with Gasteiger partial charge in [-0.05, 0) is 12.1 Å². The van der Waals surface area contributed by atoms with Crippen LogP contribution in [-0.2, 0) is 5.88 Å². The smallest absolute Gasteiger partial charge is 0.171 e. The van der Waals surface area contributed by atoms with Crippen molar-refractivity contribution >= 4 is 11.6 Å². The summed E-state index contributed by atoms with van der Waals surface area (Å²) in [5.41, 5.74) is -0.676. The monoisotopic (exact) mass is 247 g/mol. The molecule has 0 amide bonds. The van der Waals surface area contributed by atoms with Gasteiger partial charge < -0.3 is 4.52 Å². The molecule has 2 aromatic rings. The predicted octanol–water partition coefficient (Wildman–Crippen LogP) is 3.50. The summed E-state index contributed by atoms with van der Waals surface area (Å²) in [5.74, 6) is -3.08. The lowest BCUT2D eigenvalue weighted by atomic mass is 10.1. The third-order valence-corrected chi connectivity index (χ3v) is 2.25. The maximum atomic E-state index is 13.3. The summed E-state index contributed by atoms with van der Waals surface area (Å²) in [6.45, 7) is 0. The van der Waals surface area contributed by atoms with Crippen LogP contribution >= 0.6 is 11.6 Å². The molecule has 6 heteroatoms. The van der Waals surface area contributed by atoms with Crippen molar-refractivity contribution in [1.29, 1.82) is 0 Å². The fraction of sp³-hybridized carbons (Fsp3) is 0.100. The van der Waals surface area contributed by atoms with E-state index in [0.29, 0.717) is 6.07 Å². The van der Waals surface area contributed by atoms with Crippen LogP contribution in [0.2, 0.25) is 0 Å². The standard InChI is InChI=1S/C10H5ClF3NO/c11-4-5-3-8(15-16-5)9-6(12)1-2-7(13)10(9)14/h1-3H,4H2. The molecule has 0 unspecified atom stereocenters. The van der Waals surface area contributed by atoms with Crippen LogP contribution in [0, 0.1) is 17.5 Å². The quantitative estimate of drug-likeness (QED) is 0.600. The molecule has 1 aromatic carbocycles. The summed E-state index contributed by atoms with van der Waals surface area (Å²) in [5, 5.41) is 3.41. The van der Waals surface area contributed by atoms with Gasteiger partial charge in [-0.25, -0.2) is 13.2 Å². The highest BCUT2D eigenvalue weighted by Gasteiger charge is 2.18. The molecular weight excluding hydrogens is 243 g/mol. The fourth-order valence-electron chi connectivity index (χ4n) is 1.26. The normalized spacial score (nSPS) is 10.8. The van der Waals surface area contributed by atoms with Crippen molar-refractivity contribution in [2.24, 2.45) is 0 Å². The molecule has 0 N–H and O–H groups in total. The second-order valence-electron chi connectivity index (χ2n) is 3.03. The van der Waals surface area contributed by atoms with Gasteiger partial charge in [0.15, 0.2) is 17.4 Å². The van der Waals surface area contributed by atoms with Crippen molar-refractivity contribution in [2.45, 2.75) is 5.88 Å². The van der Waals surface area contributed by atoms with E-state index in [-0.39, 0.29) is 17.3 Å². The molecule has 2 nitrogen and oxygen atoms in total. The minimum Gasteiger partial charge on any atom is -0.359 e. The molecule has 0 bridgehead atoms. The number of halogens is 4. The number of alkyl halides is 1. The summed E-state index contributed by atoms with van der Waals surface area (Å²) in [6.07, 6.45) is 0. The predicted molar refractivity (Wildman–Crippen MR) is 51.4 cm³/mol. The zero-order valence-electron chi connectivity index (χ0n) is 7.81. The first kappa shape index (κ1) is 11.0. The second kappa shape index (κ2) is 4.17. The van der Waals surface area contributed by atoms with Crippen LogP contribution in [0.5, 0.6) is 0 Å². The van der Waals surface area contributed by atoms with E-state index in [1.165, 1.54) is 6.07 Å². The highest BCUT2D eigenvalue weighted by molar-refractivity contribution is 6.16. The third kappa shape index (κ3) is 1.78. The highest BCUT2D eigenvalue weighted by Crippen LogP contribution is 2.27. The Bertz CT molecular complexity index is 527. The van der Waals surface area contributed by atoms with Gasteiger partial charge in [-0.15, -0.1) is 11.6 Å². The number of nitrogens with zero attached hydrogens (tertiary/aromatic N) is 1. The lowest BCUT2D eigenvalue weighted by Crippen LogP contribution is -1.93. The number of hydrogen-bond acceptors (Lipinski definition) is 2. The van der Waals surface area contributed by atoms with Crippen molar-refractivity contribution < 1.29 is 17.7 Å². The van der Waals surface area contributed by atoms with E-state index >= 15 is 0 Å². The van der Waals surface area contributed by atoms with E-state index in [0.717, 1.165) is 6.07 Å². The van der Waals surface area contributed by atoms with Gasteiger partial charge in [0.2, 0.25) is 0 Å². The van der Waals surface area contributed by atoms with Gasteiger partial charge in [-0.1, -0.05) is 5.16 Å². The van der Waals surface area contributed by atoms with E-state index in [1.54, 1.807) is 0 Å². The van der Waals surface area contributed by atoms with E-state index in [9.17, 15) is 13.2 Å². The number of aromatic nitrogens is 1. The molecular formula is C10H5ClF3NO. The molecule has 16 heavy (non-hydrogen) atoms. The number of rotatable bonds is 2. The van der Waals surface area contributed by atoms with E-state index in [1.807, 2.05) is 0 Å². The zero-order chi connectivity index (χ0) is 11.7. The SMILES string of the molecule is Fc1ccc(F)c(-c2cc(CCl)on2)c1F. The van der Waals surface area contributed by atoms with Crippen molar-refractivity contribution in [1.82, 2.24) is 5.16 Å². The highest BCUT2D eigenvalue weighted by atomic mass is 35.5. The molecule has 0 saturated carbocycles. The van der Waals surface area contributed by atoms with Gasteiger partial charge in [0, 0.05) is 6.07 Å². The van der Waals surface area contributed by atoms with Crippen LogP contribution in [0.25, 0.3) is 11.3 Å². The molecule has 0 atom stereocenters. The molecule has 0 aliphatic rings. The number of hydrogen-bond donors (Lipinski definition) is 0. The second-order valence-corrected chi connectivity index (χ2v) is 3.30. The van der Waals surface area contributed by atoms with Crippen molar-refractivity contribution in [2.75, 3.05) is 0 Å². The molecule has 0 aliphatic heterocycles. The molecule has 0 spiro atoms. The average Bonchev–Trinajstić information content (AvgIpc) is 2.73. The summed E-state index contributed by atoms with van der Waals surface area (Å²) in [4.78, 5) is 0. The first-order valence-corrected chi connectivity index (χ1v) is 4.82. The molecule has 1 aromatic heterocycles. The molecule has 84 valence electrons. The number of benzene rings is 1. The molecule has 1 heterocycles. The van der Waals surface area contributed by atoms with Gasteiger partial charge in [0.1, 0.15) is 11.5 Å². The largest absolute Gasteiger partial charge is 0.359 e. The topological polar surface area (TPSA) is 26.0 Å². The maximum Gasteiger partial charge on any atom is 0.171 e. The average molecular weight is 248 g/mol. The summed E-state index contributed by atoms with van der Waals surface area (Å²) in [6, 6.07) is 2.79. The molecule has 2 rings (SSSR count). The summed E-state index contributed by atoms with van der Waals surface area (Å²) >= 11 is 5.44. The van der Waals surface area contributed by atoms with Crippen LogP contribution in [0.15, 0.2) is 22.7 Å². The Morgan fingerprint density at radius 3 is 2.50 bits per heavy atom. The first-order chi connectivity index (χ1) is 7.63. The Kier molecular flexibility index (Phi) is 2.87. The Hall–Kier alpha value is -1.49. The van der Waals surface area contributed by atoms with Crippen LogP contribution < -0.4 is 0 Å². The summed E-state index contributed by atoms with van der Waals surface area (Å²) in [7, 11) is 0. The van der Waals surface area contributed by atoms with Gasteiger partial charge in [0.25, 0.3) is 0 Å². The minimum atomic E-state index is -1.30. The summed E-state index contributed by atoms with van der Waals surface area (Å²) < 4.78 is 44.2. The van der Waals surface area contributed by atoms with Gasteiger partial charge in [-0.2, -0.15) is 0 Å². The minimum absolute atomic E-state index is 0.0194. The molecule has 0 saturated heterocycles.